The molecule has 2 atom stereocenters. The van der Waals surface area contributed by atoms with Crippen molar-refractivity contribution < 1.29 is 4.79 Å². The third-order valence-corrected chi connectivity index (χ3v) is 4.22. The molecule has 0 N–H and O–H groups in total. The summed E-state index contributed by atoms with van der Waals surface area (Å²) >= 11 is 2.97. The summed E-state index contributed by atoms with van der Waals surface area (Å²) in [5, 5.41) is 1.07. The van der Waals surface area contributed by atoms with E-state index < -0.39 is 0 Å². The molecule has 0 spiro atoms. The van der Waals surface area contributed by atoms with Crippen LogP contribution < -0.4 is 0 Å². The van der Waals surface area contributed by atoms with E-state index >= 15 is 0 Å². The van der Waals surface area contributed by atoms with Crippen LogP contribution in [0.3, 0.4) is 0 Å². The molecule has 0 bridgehead atoms. The van der Waals surface area contributed by atoms with Gasteiger partial charge >= 0.3 is 0 Å². The Kier molecular flexibility index (Phi) is 1.34. The molecule has 3 heteroatoms. The van der Waals surface area contributed by atoms with E-state index in [-0.39, 0.29) is 0 Å². The number of allylic oxidation sites excluding steroid dienone is 1. The quantitative estimate of drug-likeness (QED) is 0.503. The van der Waals surface area contributed by atoms with E-state index in [0.29, 0.717) is 14.9 Å². The third kappa shape index (κ3) is 0.923. The molecule has 0 aromatic heterocycles. The lowest BCUT2D eigenvalue weighted by Gasteiger charge is -2.00. The Balaban J connectivity index is 2.17. The van der Waals surface area contributed by atoms with Gasteiger partial charge in [0.15, 0.2) is 0 Å². The zero-order valence-electron chi connectivity index (χ0n) is 4.74. The highest BCUT2D eigenvalue weighted by Crippen LogP contribution is 2.44. The van der Waals surface area contributed by atoms with E-state index in [9.17, 15) is 4.79 Å². The molecule has 0 aromatic rings. The molecule has 0 amide bonds. The molecular formula is C6H6OS2. The van der Waals surface area contributed by atoms with E-state index in [1.165, 1.54) is 23.5 Å². The standard InChI is InChI=1S/C6H6OS2/c7-6-8-4-2-1-3-5(4)9-6/h1-2,4-5H,3H2/t4-,5-/m1/s1. The van der Waals surface area contributed by atoms with Crippen LogP contribution >= 0.6 is 23.5 Å². The fourth-order valence-corrected chi connectivity index (χ4v) is 3.71. The topological polar surface area (TPSA) is 17.1 Å². The van der Waals surface area contributed by atoms with Gasteiger partial charge in [0.2, 0.25) is 4.45 Å². The second-order valence-electron chi connectivity index (χ2n) is 2.15. The van der Waals surface area contributed by atoms with Gasteiger partial charge in [-0.1, -0.05) is 35.7 Å². The van der Waals surface area contributed by atoms with Gasteiger partial charge in [-0.3, -0.25) is 4.79 Å². The van der Waals surface area contributed by atoms with Gasteiger partial charge in [0, 0.05) is 10.5 Å². The van der Waals surface area contributed by atoms with E-state index in [4.69, 9.17) is 0 Å². The van der Waals surface area contributed by atoms with Gasteiger partial charge in [0.05, 0.1) is 0 Å². The van der Waals surface area contributed by atoms with Crippen molar-refractivity contribution in [3.8, 4) is 0 Å². The van der Waals surface area contributed by atoms with Crippen LogP contribution in [0.5, 0.6) is 0 Å². The van der Waals surface area contributed by atoms with Crippen LogP contribution in [-0.2, 0) is 0 Å². The van der Waals surface area contributed by atoms with Crippen LogP contribution in [0.25, 0.3) is 0 Å². The first-order valence-corrected chi connectivity index (χ1v) is 4.66. The van der Waals surface area contributed by atoms with Gasteiger partial charge in [-0.25, -0.2) is 0 Å². The normalized spacial score (nSPS) is 39.8. The summed E-state index contributed by atoms with van der Waals surface area (Å²) in [7, 11) is 0. The summed E-state index contributed by atoms with van der Waals surface area (Å²) < 4.78 is 0.300. The molecule has 48 valence electrons. The minimum Gasteiger partial charge on any atom is -0.274 e. The van der Waals surface area contributed by atoms with Gasteiger partial charge in [-0.15, -0.1) is 0 Å². The number of carbonyl (C=O) groups is 1. The first-order valence-electron chi connectivity index (χ1n) is 2.90. The Hall–Kier alpha value is 0.110. The van der Waals surface area contributed by atoms with Crippen LogP contribution in [0.2, 0.25) is 0 Å². The number of hydrogen-bond acceptors (Lipinski definition) is 3. The van der Waals surface area contributed by atoms with Crippen molar-refractivity contribution in [3.05, 3.63) is 12.2 Å². The first kappa shape index (κ1) is 5.86. The predicted molar refractivity (Wildman–Crippen MR) is 41.9 cm³/mol. The van der Waals surface area contributed by atoms with Crippen LogP contribution in [0, 0.1) is 0 Å². The van der Waals surface area contributed by atoms with Crippen molar-refractivity contribution in [3.63, 3.8) is 0 Å². The first-order chi connectivity index (χ1) is 4.36. The lowest BCUT2D eigenvalue weighted by atomic mass is 10.3. The molecule has 0 aromatic carbocycles. The van der Waals surface area contributed by atoms with E-state index in [2.05, 4.69) is 12.2 Å². The molecule has 0 saturated carbocycles. The van der Waals surface area contributed by atoms with Crippen molar-refractivity contribution in [1.29, 1.82) is 0 Å². The maximum Gasteiger partial charge on any atom is 0.246 e. The Bertz CT molecular complexity index is 176. The van der Waals surface area contributed by atoms with E-state index in [0.717, 1.165) is 6.42 Å². The predicted octanol–water partition coefficient (Wildman–Crippen LogP) is 2.28. The molecule has 1 aliphatic heterocycles. The van der Waals surface area contributed by atoms with Gasteiger partial charge in [0.25, 0.3) is 0 Å². The molecular weight excluding hydrogens is 152 g/mol. The highest BCUT2D eigenvalue weighted by molar-refractivity contribution is 8.41. The average molecular weight is 158 g/mol. The van der Waals surface area contributed by atoms with Crippen molar-refractivity contribution in [2.24, 2.45) is 0 Å². The second-order valence-corrected chi connectivity index (χ2v) is 4.77. The highest BCUT2D eigenvalue weighted by atomic mass is 32.2. The highest BCUT2D eigenvalue weighted by Gasteiger charge is 2.34. The second kappa shape index (κ2) is 2.06. The minimum absolute atomic E-state index is 0.300. The van der Waals surface area contributed by atoms with Crippen molar-refractivity contribution in [2.75, 3.05) is 0 Å². The maximum atomic E-state index is 10.7. The zero-order chi connectivity index (χ0) is 6.27. The molecule has 2 aliphatic rings. The minimum atomic E-state index is 0.300. The largest absolute Gasteiger partial charge is 0.274 e. The Morgan fingerprint density at radius 2 is 2.44 bits per heavy atom. The summed E-state index contributed by atoms with van der Waals surface area (Å²) in [6, 6.07) is 0. The lowest BCUT2D eigenvalue weighted by molar-refractivity contribution is 0.277. The number of thioether (sulfide) groups is 2. The lowest BCUT2D eigenvalue weighted by Crippen LogP contribution is -2.04. The van der Waals surface area contributed by atoms with Crippen LogP contribution in [0.1, 0.15) is 6.42 Å². The van der Waals surface area contributed by atoms with E-state index in [1.807, 2.05) is 0 Å². The van der Waals surface area contributed by atoms with Crippen LogP contribution in [-0.4, -0.2) is 14.9 Å². The molecule has 1 heterocycles. The fourth-order valence-electron chi connectivity index (χ4n) is 1.10. The molecule has 0 unspecified atom stereocenters. The van der Waals surface area contributed by atoms with Crippen molar-refractivity contribution in [2.45, 2.75) is 16.9 Å². The zero-order valence-corrected chi connectivity index (χ0v) is 6.37. The summed E-state index contributed by atoms with van der Waals surface area (Å²) in [6.45, 7) is 0. The van der Waals surface area contributed by atoms with Crippen molar-refractivity contribution >= 4 is 28.0 Å². The van der Waals surface area contributed by atoms with Gasteiger partial charge in [0.1, 0.15) is 0 Å². The molecule has 1 nitrogen and oxygen atoms in total. The Labute approximate surface area is 62.3 Å². The maximum absolute atomic E-state index is 10.7. The van der Waals surface area contributed by atoms with Crippen LogP contribution in [0.15, 0.2) is 12.2 Å². The van der Waals surface area contributed by atoms with Crippen LogP contribution in [0.4, 0.5) is 4.79 Å². The summed E-state index contributed by atoms with van der Waals surface area (Å²) in [4.78, 5) is 10.7. The number of rotatable bonds is 0. The van der Waals surface area contributed by atoms with Gasteiger partial charge < -0.3 is 0 Å². The monoisotopic (exact) mass is 158 g/mol. The third-order valence-electron chi connectivity index (χ3n) is 1.54. The van der Waals surface area contributed by atoms with E-state index in [1.54, 1.807) is 0 Å². The number of carbonyl (C=O) groups excluding carboxylic acids is 1. The molecule has 1 saturated heterocycles. The smallest absolute Gasteiger partial charge is 0.246 e. The van der Waals surface area contributed by atoms with Crippen molar-refractivity contribution in [1.82, 2.24) is 0 Å². The van der Waals surface area contributed by atoms with Gasteiger partial charge in [-0.2, -0.15) is 0 Å². The van der Waals surface area contributed by atoms with Gasteiger partial charge in [-0.05, 0) is 6.42 Å². The molecule has 2 rings (SSSR count). The number of fused-ring (bicyclic) bond motifs is 1. The molecule has 9 heavy (non-hydrogen) atoms. The Morgan fingerprint density at radius 1 is 1.56 bits per heavy atom. The summed E-state index contributed by atoms with van der Waals surface area (Å²) in [5.41, 5.74) is 0. The summed E-state index contributed by atoms with van der Waals surface area (Å²) in [5.74, 6) is 0. The molecule has 0 radical (unpaired) electrons. The fraction of sp³-hybridized carbons (Fsp3) is 0.500. The average Bonchev–Trinajstić information content (AvgIpc) is 2.22. The SMILES string of the molecule is O=C1S[C@@H]2C=CC[C@H]2S1. The number of hydrogen-bond donors (Lipinski definition) is 0. The molecule has 1 aliphatic carbocycles. The summed E-state index contributed by atoms with van der Waals surface area (Å²) in [6.07, 6.45) is 5.41. The Morgan fingerprint density at radius 3 is 3.22 bits per heavy atom. The molecule has 1 fully saturated rings.